The van der Waals surface area contributed by atoms with Crippen molar-refractivity contribution in [1.29, 1.82) is 0 Å². The van der Waals surface area contributed by atoms with E-state index in [-0.39, 0.29) is 6.10 Å². The van der Waals surface area contributed by atoms with Crippen LogP contribution in [0.3, 0.4) is 0 Å². The number of hydrogen-bond donors (Lipinski definition) is 1. The maximum absolute atomic E-state index is 10.7. The highest BCUT2D eigenvalue weighted by Gasteiger charge is 2.50. The summed E-state index contributed by atoms with van der Waals surface area (Å²) in [6.45, 7) is 0. The van der Waals surface area contributed by atoms with E-state index in [0.717, 1.165) is 29.4 Å². The van der Waals surface area contributed by atoms with Crippen molar-refractivity contribution >= 4 is 0 Å². The average molecular weight is 246 g/mol. The molecule has 1 aromatic rings. The molecule has 4 saturated carbocycles. The Morgan fingerprint density at radius 3 is 2.28 bits per heavy atom. The minimum atomic E-state index is -0.332. The third-order valence-corrected chi connectivity index (χ3v) is 5.70. The van der Waals surface area contributed by atoms with Crippen molar-refractivity contribution < 1.29 is 5.11 Å². The van der Waals surface area contributed by atoms with Crippen molar-refractivity contribution in [1.82, 2.24) is 9.78 Å². The molecule has 98 valence electrons. The lowest BCUT2D eigenvalue weighted by atomic mass is 9.50. The van der Waals surface area contributed by atoms with Crippen LogP contribution in [0.1, 0.15) is 43.9 Å². The van der Waals surface area contributed by atoms with Crippen LogP contribution in [0.15, 0.2) is 12.3 Å². The number of hydrogen-bond acceptors (Lipinski definition) is 2. The van der Waals surface area contributed by atoms with Gasteiger partial charge in [-0.1, -0.05) is 0 Å². The highest BCUT2D eigenvalue weighted by molar-refractivity contribution is 5.09. The van der Waals surface area contributed by atoms with Crippen molar-refractivity contribution in [2.45, 2.75) is 38.2 Å². The fourth-order valence-corrected chi connectivity index (χ4v) is 5.27. The molecule has 0 amide bonds. The molecule has 1 aromatic heterocycles. The molecule has 0 radical (unpaired) electrons. The van der Waals surface area contributed by atoms with Crippen molar-refractivity contribution in [3.05, 3.63) is 18.0 Å². The van der Waals surface area contributed by atoms with Crippen LogP contribution in [-0.4, -0.2) is 14.9 Å². The van der Waals surface area contributed by atoms with Gasteiger partial charge >= 0.3 is 0 Å². The number of aliphatic hydroxyl groups is 1. The molecule has 4 fully saturated rings. The standard InChI is InChI=1S/C15H22N2O/c1-17-3-2-13(16-17)15(18)14-11-5-9-4-10(7-11)8-12(14)6-9/h2-3,9-12,14-15,18H,4-8H2,1H3. The number of aryl methyl sites for hydroxylation is 1. The normalized spacial score (nSPS) is 43.3. The maximum atomic E-state index is 10.7. The van der Waals surface area contributed by atoms with E-state index in [0.29, 0.717) is 5.92 Å². The maximum Gasteiger partial charge on any atom is 0.101 e. The van der Waals surface area contributed by atoms with E-state index in [1.807, 2.05) is 19.3 Å². The Bertz CT molecular complexity index is 425. The van der Waals surface area contributed by atoms with Gasteiger partial charge in [0.15, 0.2) is 0 Å². The molecular weight excluding hydrogens is 224 g/mol. The topological polar surface area (TPSA) is 38.0 Å². The van der Waals surface area contributed by atoms with Gasteiger partial charge in [-0.25, -0.2) is 0 Å². The highest BCUT2D eigenvalue weighted by Crippen LogP contribution is 2.59. The monoisotopic (exact) mass is 246 g/mol. The van der Waals surface area contributed by atoms with Crippen LogP contribution in [-0.2, 0) is 7.05 Å². The first kappa shape index (κ1) is 11.0. The first-order valence-corrected chi connectivity index (χ1v) is 7.38. The van der Waals surface area contributed by atoms with Gasteiger partial charge in [0.05, 0.1) is 5.69 Å². The van der Waals surface area contributed by atoms with E-state index < -0.39 is 0 Å². The molecular formula is C15H22N2O. The second-order valence-corrected chi connectivity index (χ2v) is 6.87. The van der Waals surface area contributed by atoms with E-state index in [4.69, 9.17) is 0 Å². The lowest BCUT2D eigenvalue weighted by Crippen LogP contribution is -2.47. The quantitative estimate of drug-likeness (QED) is 0.870. The summed E-state index contributed by atoms with van der Waals surface area (Å²) < 4.78 is 1.80. The van der Waals surface area contributed by atoms with Crippen LogP contribution in [0.4, 0.5) is 0 Å². The Balaban J connectivity index is 1.61. The Morgan fingerprint density at radius 2 is 1.78 bits per heavy atom. The van der Waals surface area contributed by atoms with Gasteiger partial charge in [0, 0.05) is 13.2 Å². The molecule has 0 aliphatic heterocycles. The Labute approximate surface area is 108 Å². The number of nitrogens with zero attached hydrogens (tertiary/aromatic N) is 2. The van der Waals surface area contributed by atoms with E-state index >= 15 is 0 Å². The van der Waals surface area contributed by atoms with Gasteiger partial charge in [0.1, 0.15) is 6.10 Å². The minimum absolute atomic E-state index is 0.332. The largest absolute Gasteiger partial charge is 0.386 e. The molecule has 18 heavy (non-hydrogen) atoms. The zero-order chi connectivity index (χ0) is 12.3. The zero-order valence-corrected chi connectivity index (χ0v) is 11.0. The Hall–Kier alpha value is -0.830. The first-order valence-electron chi connectivity index (χ1n) is 7.38. The van der Waals surface area contributed by atoms with Gasteiger partial charge in [-0.2, -0.15) is 5.10 Å². The summed E-state index contributed by atoms with van der Waals surface area (Å²) in [5, 5.41) is 15.1. The molecule has 0 spiro atoms. The van der Waals surface area contributed by atoms with Crippen molar-refractivity contribution in [2.75, 3.05) is 0 Å². The van der Waals surface area contributed by atoms with Gasteiger partial charge in [-0.05, 0) is 67.8 Å². The van der Waals surface area contributed by atoms with Crippen LogP contribution >= 0.6 is 0 Å². The number of rotatable bonds is 2. The molecule has 1 atom stereocenters. The van der Waals surface area contributed by atoms with Crippen molar-refractivity contribution in [3.8, 4) is 0 Å². The van der Waals surface area contributed by atoms with E-state index in [9.17, 15) is 5.11 Å². The van der Waals surface area contributed by atoms with E-state index in [2.05, 4.69) is 5.10 Å². The van der Waals surface area contributed by atoms with Gasteiger partial charge in [0.25, 0.3) is 0 Å². The van der Waals surface area contributed by atoms with Crippen LogP contribution in [0, 0.1) is 29.6 Å². The molecule has 0 saturated heterocycles. The summed E-state index contributed by atoms with van der Waals surface area (Å²) in [4.78, 5) is 0. The van der Waals surface area contributed by atoms with Crippen molar-refractivity contribution in [3.63, 3.8) is 0 Å². The van der Waals surface area contributed by atoms with Crippen LogP contribution < -0.4 is 0 Å². The Morgan fingerprint density at radius 1 is 1.17 bits per heavy atom. The van der Waals surface area contributed by atoms with Gasteiger partial charge in [-0.3, -0.25) is 4.68 Å². The van der Waals surface area contributed by atoms with Crippen LogP contribution in [0.25, 0.3) is 0 Å². The smallest absolute Gasteiger partial charge is 0.101 e. The molecule has 4 aliphatic carbocycles. The number of aromatic nitrogens is 2. The lowest BCUT2D eigenvalue weighted by Gasteiger charge is -2.55. The third kappa shape index (κ3) is 1.56. The van der Waals surface area contributed by atoms with Crippen LogP contribution in [0.5, 0.6) is 0 Å². The van der Waals surface area contributed by atoms with E-state index in [1.54, 1.807) is 4.68 Å². The molecule has 0 aromatic carbocycles. The van der Waals surface area contributed by atoms with Gasteiger partial charge < -0.3 is 5.11 Å². The molecule has 1 unspecified atom stereocenters. The molecule has 5 rings (SSSR count). The summed E-state index contributed by atoms with van der Waals surface area (Å²) in [6.07, 6.45) is 8.53. The van der Waals surface area contributed by atoms with Crippen LogP contribution in [0.2, 0.25) is 0 Å². The summed E-state index contributed by atoms with van der Waals surface area (Å²) in [6, 6.07) is 1.98. The molecule has 4 bridgehead atoms. The molecule has 1 heterocycles. The summed E-state index contributed by atoms with van der Waals surface area (Å²) in [5.74, 6) is 3.95. The summed E-state index contributed by atoms with van der Waals surface area (Å²) in [5.41, 5.74) is 0.884. The van der Waals surface area contributed by atoms with Gasteiger partial charge in [-0.15, -0.1) is 0 Å². The summed E-state index contributed by atoms with van der Waals surface area (Å²) >= 11 is 0. The average Bonchev–Trinajstić information content (AvgIpc) is 2.74. The number of aliphatic hydroxyl groups excluding tert-OH is 1. The first-order chi connectivity index (χ1) is 8.70. The molecule has 1 N–H and O–H groups in total. The fourth-order valence-electron chi connectivity index (χ4n) is 5.27. The third-order valence-electron chi connectivity index (χ3n) is 5.70. The second-order valence-electron chi connectivity index (χ2n) is 6.87. The molecule has 4 aliphatic rings. The molecule has 3 nitrogen and oxygen atoms in total. The SMILES string of the molecule is Cn1ccc(C(O)C2C3CC4CC(C3)CC2C4)n1. The van der Waals surface area contributed by atoms with E-state index in [1.165, 1.54) is 32.1 Å². The predicted octanol–water partition coefficient (Wildman–Crippen LogP) is 2.53. The second kappa shape index (κ2) is 3.83. The Kier molecular flexibility index (Phi) is 2.35. The summed E-state index contributed by atoms with van der Waals surface area (Å²) in [7, 11) is 1.92. The van der Waals surface area contributed by atoms with Gasteiger partial charge in [0.2, 0.25) is 0 Å². The lowest BCUT2D eigenvalue weighted by molar-refractivity contribution is -0.0920. The fraction of sp³-hybridized carbons (Fsp3) is 0.800. The molecule has 3 heteroatoms. The minimum Gasteiger partial charge on any atom is -0.386 e. The highest BCUT2D eigenvalue weighted by atomic mass is 16.3. The zero-order valence-electron chi connectivity index (χ0n) is 11.0. The van der Waals surface area contributed by atoms with Crippen molar-refractivity contribution in [2.24, 2.45) is 36.6 Å². The predicted molar refractivity (Wildman–Crippen MR) is 68.7 cm³/mol.